The van der Waals surface area contributed by atoms with Gasteiger partial charge in [-0.1, -0.05) is 42.5 Å². The summed E-state index contributed by atoms with van der Waals surface area (Å²) >= 11 is 0. The first kappa shape index (κ1) is 22.6. The second-order valence-electron chi connectivity index (χ2n) is 8.37. The van der Waals surface area contributed by atoms with E-state index in [1.54, 1.807) is 4.90 Å². The largest absolute Gasteiger partial charge is 0.338 e. The maximum Gasteiger partial charge on any atom is 0.244 e. The van der Waals surface area contributed by atoms with Gasteiger partial charge < -0.3 is 4.90 Å². The third kappa shape index (κ3) is 4.62. The Kier molecular flexibility index (Phi) is 6.74. The van der Waals surface area contributed by atoms with Gasteiger partial charge in [-0.2, -0.15) is 4.31 Å². The van der Waals surface area contributed by atoms with Gasteiger partial charge >= 0.3 is 0 Å². The van der Waals surface area contributed by atoms with Crippen LogP contribution in [0.25, 0.3) is 0 Å². The Bertz CT molecular complexity index is 1060. The van der Waals surface area contributed by atoms with Crippen LogP contribution in [0.15, 0.2) is 59.5 Å². The van der Waals surface area contributed by atoms with Gasteiger partial charge in [0.05, 0.1) is 4.90 Å². The van der Waals surface area contributed by atoms with E-state index in [1.165, 1.54) is 35.5 Å². The first-order valence-electron chi connectivity index (χ1n) is 11.1. The van der Waals surface area contributed by atoms with Gasteiger partial charge in [-0.3, -0.25) is 14.5 Å². The van der Waals surface area contributed by atoms with E-state index in [1.807, 2.05) is 30.3 Å². The Morgan fingerprint density at radius 1 is 0.812 bits per heavy atom. The third-order valence-electron chi connectivity index (χ3n) is 6.30. The second kappa shape index (κ2) is 9.52. The summed E-state index contributed by atoms with van der Waals surface area (Å²) in [5.74, 6) is -0.0620. The van der Waals surface area contributed by atoms with Crippen molar-refractivity contribution in [3.8, 4) is 0 Å². The maximum absolute atomic E-state index is 13.5. The number of hydrogen-bond donors (Lipinski definition) is 0. The van der Waals surface area contributed by atoms with Crippen LogP contribution in [-0.4, -0.2) is 73.5 Å². The van der Waals surface area contributed by atoms with Crippen molar-refractivity contribution < 1.29 is 18.0 Å². The number of carbonyl (C=O) groups excluding carboxylic acids is 2. The maximum atomic E-state index is 13.5. The zero-order valence-electron chi connectivity index (χ0n) is 18.3. The molecule has 170 valence electrons. The topological polar surface area (TPSA) is 78.0 Å². The van der Waals surface area contributed by atoms with Crippen LogP contribution in [-0.2, 0) is 14.8 Å². The number of amides is 1. The summed E-state index contributed by atoms with van der Waals surface area (Å²) < 4.78 is 27.5. The fourth-order valence-corrected chi connectivity index (χ4v) is 5.90. The summed E-state index contributed by atoms with van der Waals surface area (Å²) in [7, 11) is -3.67. The Balaban J connectivity index is 1.46. The Morgan fingerprint density at radius 2 is 1.41 bits per heavy atom. The molecule has 2 aromatic carbocycles. The van der Waals surface area contributed by atoms with E-state index in [9.17, 15) is 18.0 Å². The van der Waals surface area contributed by atoms with Crippen LogP contribution >= 0.6 is 0 Å². The van der Waals surface area contributed by atoms with E-state index < -0.39 is 10.0 Å². The number of likely N-dealkylation sites (tertiary alicyclic amines) is 1. The van der Waals surface area contributed by atoms with Gasteiger partial charge in [-0.05, 0) is 50.6 Å². The molecule has 0 N–H and O–H groups in total. The molecule has 2 aromatic rings. The molecule has 0 bridgehead atoms. The van der Waals surface area contributed by atoms with Gasteiger partial charge in [0.2, 0.25) is 15.9 Å². The summed E-state index contributed by atoms with van der Waals surface area (Å²) in [6.45, 7) is 4.48. The molecule has 2 heterocycles. The molecule has 32 heavy (non-hydrogen) atoms. The molecule has 7 nitrogen and oxygen atoms in total. The zero-order valence-corrected chi connectivity index (χ0v) is 19.1. The molecule has 2 aliphatic rings. The fourth-order valence-electron chi connectivity index (χ4n) is 4.48. The monoisotopic (exact) mass is 455 g/mol. The summed E-state index contributed by atoms with van der Waals surface area (Å²) in [6, 6.07) is 15.5. The number of carbonyl (C=O) groups is 2. The lowest BCUT2D eigenvalue weighted by Crippen LogP contribution is -2.53. The van der Waals surface area contributed by atoms with E-state index in [0.29, 0.717) is 18.7 Å². The molecule has 2 fully saturated rings. The third-order valence-corrected chi connectivity index (χ3v) is 8.22. The SMILES string of the molecule is CC(=O)c1ccc(S(=O)(=O)N2CCN(C(=O)C(c3ccccc3)N3CCCC3)CC2)cc1. The van der Waals surface area contributed by atoms with Crippen molar-refractivity contribution >= 4 is 21.7 Å². The predicted octanol–water partition coefficient (Wildman–Crippen LogP) is 2.56. The quantitative estimate of drug-likeness (QED) is 0.626. The average Bonchev–Trinajstić information content (AvgIpc) is 3.34. The first-order chi connectivity index (χ1) is 15.4. The summed E-state index contributed by atoms with van der Waals surface area (Å²) in [4.78, 5) is 29.2. The summed E-state index contributed by atoms with van der Waals surface area (Å²) in [5, 5.41) is 0. The van der Waals surface area contributed by atoms with Crippen LogP contribution in [0.1, 0.15) is 41.7 Å². The van der Waals surface area contributed by atoms with Crippen LogP contribution in [0.2, 0.25) is 0 Å². The normalized spacial score (nSPS) is 19.1. The molecule has 8 heteroatoms. The van der Waals surface area contributed by atoms with Crippen LogP contribution in [0.3, 0.4) is 0 Å². The van der Waals surface area contributed by atoms with Crippen molar-refractivity contribution in [2.45, 2.75) is 30.7 Å². The summed E-state index contributed by atoms with van der Waals surface area (Å²) in [6.07, 6.45) is 2.18. The Morgan fingerprint density at radius 3 is 1.97 bits per heavy atom. The lowest BCUT2D eigenvalue weighted by Gasteiger charge is -2.38. The van der Waals surface area contributed by atoms with E-state index >= 15 is 0 Å². The molecule has 0 spiro atoms. The smallest absolute Gasteiger partial charge is 0.244 e. The molecule has 0 aliphatic carbocycles. The standard InChI is InChI=1S/C24H29N3O4S/c1-19(28)20-9-11-22(12-10-20)32(30,31)27-17-15-26(16-18-27)24(29)23(25-13-5-6-14-25)21-7-3-2-4-8-21/h2-4,7-12,23H,5-6,13-18H2,1H3. The molecule has 0 saturated carbocycles. The number of hydrogen-bond acceptors (Lipinski definition) is 5. The minimum atomic E-state index is -3.67. The summed E-state index contributed by atoms with van der Waals surface area (Å²) in [5.41, 5.74) is 1.47. The van der Waals surface area contributed by atoms with Gasteiger partial charge in [0, 0.05) is 31.7 Å². The first-order valence-corrected chi connectivity index (χ1v) is 12.5. The molecule has 1 atom stereocenters. The minimum Gasteiger partial charge on any atom is -0.338 e. The number of rotatable bonds is 6. The van der Waals surface area contributed by atoms with Gasteiger partial charge in [0.25, 0.3) is 0 Å². The number of benzene rings is 2. The van der Waals surface area contributed by atoms with Gasteiger partial charge in [-0.15, -0.1) is 0 Å². The van der Waals surface area contributed by atoms with Crippen LogP contribution in [0.4, 0.5) is 0 Å². The average molecular weight is 456 g/mol. The van der Waals surface area contributed by atoms with E-state index in [2.05, 4.69) is 4.90 Å². The second-order valence-corrected chi connectivity index (χ2v) is 10.3. The van der Waals surface area contributed by atoms with Gasteiger partial charge in [0.1, 0.15) is 6.04 Å². The van der Waals surface area contributed by atoms with E-state index in [4.69, 9.17) is 0 Å². The Labute approximate surface area is 189 Å². The molecule has 1 unspecified atom stereocenters. The molecule has 0 aromatic heterocycles. The van der Waals surface area contributed by atoms with Crippen LogP contribution < -0.4 is 0 Å². The molecule has 4 rings (SSSR count). The van der Waals surface area contributed by atoms with Crippen LogP contribution in [0.5, 0.6) is 0 Å². The molecular formula is C24H29N3O4S. The van der Waals surface area contributed by atoms with Crippen molar-refractivity contribution in [3.05, 3.63) is 65.7 Å². The highest BCUT2D eigenvalue weighted by Crippen LogP contribution is 2.28. The van der Waals surface area contributed by atoms with Crippen molar-refractivity contribution in [2.75, 3.05) is 39.3 Å². The fraction of sp³-hybridized carbons (Fsp3) is 0.417. The molecule has 0 radical (unpaired) electrons. The van der Waals surface area contributed by atoms with Gasteiger partial charge in [0.15, 0.2) is 5.78 Å². The van der Waals surface area contributed by atoms with Crippen molar-refractivity contribution in [1.29, 1.82) is 0 Å². The molecule has 2 aliphatic heterocycles. The van der Waals surface area contributed by atoms with Crippen molar-refractivity contribution in [2.24, 2.45) is 0 Å². The van der Waals surface area contributed by atoms with Crippen molar-refractivity contribution in [3.63, 3.8) is 0 Å². The highest BCUT2D eigenvalue weighted by molar-refractivity contribution is 7.89. The van der Waals surface area contributed by atoms with Gasteiger partial charge in [-0.25, -0.2) is 8.42 Å². The number of sulfonamides is 1. The van der Waals surface area contributed by atoms with Crippen molar-refractivity contribution in [1.82, 2.24) is 14.1 Å². The minimum absolute atomic E-state index is 0.0426. The number of nitrogens with zero attached hydrogens (tertiary/aromatic N) is 3. The number of Topliss-reactive ketones (excluding diaryl/α,β-unsaturated/α-hetero) is 1. The number of piperazine rings is 1. The molecular weight excluding hydrogens is 426 g/mol. The zero-order chi connectivity index (χ0) is 22.7. The van der Waals surface area contributed by atoms with E-state index in [0.717, 1.165) is 31.5 Å². The van der Waals surface area contributed by atoms with E-state index in [-0.39, 0.29) is 35.7 Å². The lowest BCUT2D eigenvalue weighted by molar-refractivity contribution is -0.138. The Hall–Kier alpha value is -2.55. The number of ketones is 1. The lowest BCUT2D eigenvalue weighted by atomic mass is 10.0. The molecule has 2 saturated heterocycles. The van der Waals surface area contributed by atoms with Crippen LogP contribution in [0, 0.1) is 0 Å². The predicted molar refractivity (Wildman–Crippen MR) is 122 cm³/mol. The highest BCUT2D eigenvalue weighted by atomic mass is 32.2. The highest BCUT2D eigenvalue weighted by Gasteiger charge is 2.36. The molecule has 1 amide bonds.